The molecule has 1 aromatic heterocycles. The minimum Gasteiger partial charge on any atom is -0.457 e. The number of anilines is 3. The Hall–Kier alpha value is -7.20. The van der Waals surface area contributed by atoms with Crippen molar-refractivity contribution in [1.82, 2.24) is 0 Å². The SMILES string of the molecule is CC1(C)c2ccccc2-c2ccc(N(c3ccc(-c4ccc5sc6ccccc6c5c4)cc3)c3ccc4c(c3)-c3ccccc3C43c4ccccc4Oc4ccccc43)cc21. The van der Waals surface area contributed by atoms with Crippen molar-refractivity contribution in [2.75, 3.05) is 4.90 Å². The molecule has 2 aliphatic carbocycles. The molecule has 3 heteroatoms. The van der Waals surface area contributed by atoms with E-state index in [9.17, 15) is 0 Å². The summed E-state index contributed by atoms with van der Waals surface area (Å²) in [6, 6.07) is 74.1. The number of fused-ring (bicyclic) bond motifs is 15. The Morgan fingerprint density at radius 2 is 0.918 bits per heavy atom. The normalized spacial score (nSPS) is 14.5. The number of para-hydroxylation sites is 2. The highest BCUT2D eigenvalue weighted by Crippen LogP contribution is 2.62. The molecule has 61 heavy (non-hydrogen) atoms. The van der Waals surface area contributed by atoms with E-state index in [-0.39, 0.29) is 5.41 Å². The van der Waals surface area contributed by atoms with Gasteiger partial charge >= 0.3 is 0 Å². The Morgan fingerprint density at radius 3 is 1.69 bits per heavy atom. The fourth-order valence-corrected chi connectivity index (χ4v) is 12.1. The lowest BCUT2D eigenvalue weighted by Gasteiger charge is -2.39. The second-order valence-electron chi connectivity index (χ2n) is 17.2. The van der Waals surface area contributed by atoms with Crippen LogP contribution in [0.1, 0.15) is 47.2 Å². The molecule has 288 valence electrons. The molecule has 10 aromatic rings. The van der Waals surface area contributed by atoms with Gasteiger partial charge in [-0.3, -0.25) is 0 Å². The van der Waals surface area contributed by atoms with Crippen LogP contribution in [0.15, 0.2) is 200 Å². The van der Waals surface area contributed by atoms with Gasteiger partial charge in [-0.15, -0.1) is 11.3 Å². The molecule has 0 saturated carbocycles. The zero-order valence-electron chi connectivity index (χ0n) is 33.8. The number of hydrogen-bond donors (Lipinski definition) is 0. The molecule has 2 heterocycles. The minimum absolute atomic E-state index is 0.130. The molecule has 1 spiro atoms. The summed E-state index contributed by atoms with van der Waals surface area (Å²) in [7, 11) is 0. The average molecular weight is 798 g/mol. The Morgan fingerprint density at radius 1 is 0.377 bits per heavy atom. The van der Waals surface area contributed by atoms with E-state index in [0.29, 0.717) is 0 Å². The van der Waals surface area contributed by atoms with E-state index in [1.165, 1.54) is 86.9 Å². The summed E-state index contributed by atoms with van der Waals surface area (Å²) in [4.78, 5) is 2.46. The summed E-state index contributed by atoms with van der Waals surface area (Å²) in [5.74, 6) is 1.81. The van der Waals surface area contributed by atoms with Crippen LogP contribution < -0.4 is 9.64 Å². The topological polar surface area (TPSA) is 12.5 Å². The van der Waals surface area contributed by atoms with Gasteiger partial charge in [0, 0.05) is 53.8 Å². The zero-order chi connectivity index (χ0) is 40.5. The highest BCUT2D eigenvalue weighted by atomic mass is 32.1. The van der Waals surface area contributed by atoms with Gasteiger partial charge in [-0.05, 0) is 122 Å². The number of benzene rings is 9. The maximum absolute atomic E-state index is 6.62. The number of hydrogen-bond acceptors (Lipinski definition) is 3. The molecule has 2 nitrogen and oxygen atoms in total. The molecule has 0 radical (unpaired) electrons. The predicted molar refractivity (Wildman–Crippen MR) is 254 cm³/mol. The fraction of sp³-hybridized carbons (Fsp3) is 0.0690. The predicted octanol–water partition coefficient (Wildman–Crippen LogP) is 16.0. The van der Waals surface area contributed by atoms with Gasteiger partial charge in [0.15, 0.2) is 0 Å². The number of rotatable bonds is 4. The first-order chi connectivity index (χ1) is 30.0. The van der Waals surface area contributed by atoms with Gasteiger partial charge in [0.2, 0.25) is 0 Å². The lowest BCUT2D eigenvalue weighted by atomic mass is 9.66. The van der Waals surface area contributed by atoms with Crippen LogP contribution in [-0.4, -0.2) is 0 Å². The Bertz CT molecular complexity index is 3400. The van der Waals surface area contributed by atoms with Crippen molar-refractivity contribution in [2.24, 2.45) is 0 Å². The van der Waals surface area contributed by atoms with Gasteiger partial charge in [-0.1, -0.05) is 147 Å². The lowest BCUT2D eigenvalue weighted by molar-refractivity contribution is 0.436. The quantitative estimate of drug-likeness (QED) is 0.176. The first-order valence-electron chi connectivity index (χ1n) is 21.2. The van der Waals surface area contributed by atoms with Crippen LogP contribution in [0.5, 0.6) is 11.5 Å². The standard InChI is InChI=1S/C58H39NOS/c1-57(2)47-16-6-3-13-41(47)43-30-28-40(35-52(43)57)59(38-26-23-36(24-27-38)37-25-32-56-46(33-37)44-15-5-12-22-55(44)61-56)39-29-31-49-45(34-39)42-14-4-7-17-48(42)58(49)50-18-8-10-20-53(50)60-54-21-11-9-19-51(54)58/h3-35H,1-2H3. The van der Waals surface area contributed by atoms with Crippen LogP contribution in [0.25, 0.3) is 53.6 Å². The Balaban J connectivity index is 1.00. The molecular weight excluding hydrogens is 759 g/mol. The third kappa shape index (κ3) is 4.78. The molecule has 0 amide bonds. The van der Waals surface area contributed by atoms with Crippen molar-refractivity contribution >= 4 is 48.6 Å². The van der Waals surface area contributed by atoms with E-state index in [4.69, 9.17) is 4.74 Å². The average Bonchev–Trinajstić information content (AvgIpc) is 3.90. The van der Waals surface area contributed by atoms with Crippen molar-refractivity contribution in [1.29, 1.82) is 0 Å². The summed E-state index contributed by atoms with van der Waals surface area (Å²) in [6.45, 7) is 4.73. The fourth-order valence-electron chi connectivity index (χ4n) is 11.0. The molecular formula is C58H39NOS. The minimum atomic E-state index is -0.513. The van der Waals surface area contributed by atoms with E-state index in [2.05, 4.69) is 219 Å². The van der Waals surface area contributed by atoms with E-state index in [0.717, 1.165) is 28.6 Å². The Kier molecular flexibility index (Phi) is 7.19. The van der Waals surface area contributed by atoms with Gasteiger partial charge in [0.25, 0.3) is 0 Å². The number of thiophene rings is 1. The third-order valence-corrected chi connectivity index (χ3v) is 14.9. The van der Waals surface area contributed by atoms with Gasteiger partial charge in [0.1, 0.15) is 11.5 Å². The monoisotopic (exact) mass is 797 g/mol. The van der Waals surface area contributed by atoms with Crippen molar-refractivity contribution < 1.29 is 4.74 Å². The highest BCUT2D eigenvalue weighted by molar-refractivity contribution is 7.25. The molecule has 1 aliphatic heterocycles. The van der Waals surface area contributed by atoms with Gasteiger partial charge < -0.3 is 9.64 Å². The molecule has 0 N–H and O–H groups in total. The first-order valence-corrected chi connectivity index (χ1v) is 22.0. The van der Waals surface area contributed by atoms with Crippen LogP contribution in [0.3, 0.4) is 0 Å². The molecule has 0 saturated heterocycles. The van der Waals surface area contributed by atoms with Crippen LogP contribution in [0.2, 0.25) is 0 Å². The largest absolute Gasteiger partial charge is 0.457 e. The second kappa shape index (κ2) is 12.7. The summed E-state index contributed by atoms with van der Waals surface area (Å²) >= 11 is 1.86. The van der Waals surface area contributed by atoms with E-state index < -0.39 is 5.41 Å². The molecule has 3 aliphatic rings. The van der Waals surface area contributed by atoms with Crippen molar-refractivity contribution in [3.63, 3.8) is 0 Å². The van der Waals surface area contributed by atoms with Crippen molar-refractivity contribution in [3.05, 3.63) is 234 Å². The molecule has 13 rings (SSSR count). The molecule has 0 unspecified atom stereocenters. The van der Waals surface area contributed by atoms with Crippen LogP contribution in [0, 0.1) is 0 Å². The second-order valence-corrected chi connectivity index (χ2v) is 18.3. The number of nitrogens with zero attached hydrogens (tertiary/aromatic N) is 1. The summed E-state index contributed by atoms with van der Waals surface area (Å²) in [6.07, 6.45) is 0. The highest BCUT2D eigenvalue weighted by Gasteiger charge is 2.51. The van der Waals surface area contributed by atoms with Crippen LogP contribution in [0.4, 0.5) is 17.1 Å². The maximum atomic E-state index is 6.62. The van der Waals surface area contributed by atoms with E-state index in [1.807, 2.05) is 11.3 Å². The van der Waals surface area contributed by atoms with E-state index >= 15 is 0 Å². The van der Waals surface area contributed by atoms with Gasteiger partial charge in [0.05, 0.1) is 5.41 Å². The summed E-state index contributed by atoms with van der Waals surface area (Å²) < 4.78 is 9.27. The van der Waals surface area contributed by atoms with Gasteiger partial charge in [-0.25, -0.2) is 0 Å². The maximum Gasteiger partial charge on any atom is 0.132 e. The van der Waals surface area contributed by atoms with Crippen LogP contribution >= 0.6 is 11.3 Å². The molecule has 9 aromatic carbocycles. The first kappa shape index (κ1) is 34.6. The van der Waals surface area contributed by atoms with Gasteiger partial charge in [-0.2, -0.15) is 0 Å². The smallest absolute Gasteiger partial charge is 0.132 e. The molecule has 0 atom stereocenters. The van der Waals surface area contributed by atoms with Crippen molar-refractivity contribution in [2.45, 2.75) is 24.7 Å². The summed E-state index contributed by atoms with van der Waals surface area (Å²) in [5, 5.41) is 2.64. The zero-order valence-corrected chi connectivity index (χ0v) is 34.6. The molecule has 0 fully saturated rings. The van der Waals surface area contributed by atoms with Crippen molar-refractivity contribution in [3.8, 4) is 44.9 Å². The lowest BCUT2D eigenvalue weighted by Crippen LogP contribution is -2.32. The molecule has 0 bridgehead atoms. The summed E-state index contributed by atoms with van der Waals surface area (Å²) in [5.41, 5.74) is 17.9. The van der Waals surface area contributed by atoms with E-state index in [1.54, 1.807) is 0 Å². The van der Waals surface area contributed by atoms with Crippen LogP contribution in [-0.2, 0) is 10.8 Å². The third-order valence-electron chi connectivity index (χ3n) is 13.7. The number of ether oxygens (including phenoxy) is 1. The Labute approximate surface area is 359 Å².